The molecular weight excluding hydrogens is 521 g/mol. The number of carbonyl (C=O) groups is 2. The molecule has 2 aromatic carbocycles. The molecular formula is C23H17F3N2O4S3. The average molecular weight is 539 g/mol. The highest BCUT2D eigenvalue weighted by atomic mass is 32.2. The van der Waals surface area contributed by atoms with Crippen molar-refractivity contribution >= 4 is 52.8 Å². The molecule has 12 heteroatoms. The molecule has 1 aromatic heterocycles. The number of hydrogen-bond acceptors (Lipinski definition) is 7. The van der Waals surface area contributed by atoms with E-state index in [9.17, 15) is 22.8 Å². The van der Waals surface area contributed by atoms with Crippen molar-refractivity contribution in [1.82, 2.24) is 4.98 Å². The third-order valence-electron chi connectivity index (χ3n) is 6.02. The van der Waals surface area contributed by atoms with Crippen molar-refractivity contribution < 1.29 is 32.2 Å². The van der Waals surface area contributed by atoms with Gasteiger partial charge in [0.2, 0.25) is 11.8 Å². The van der Waals surface area contributed by atoms with Crippen molar-refractivity contribution in [2.45, 2.75) is 22.4 Å². The molecule has 182 valence electrons. The SMILES string of the molecule is COc1ccc(C2c3sc(=S)[nH]c3SC3C(=O)N(c4cccc(C(F)(F)F)c4)C(=O)C32)cc1OC. The molecule has 3 heterocycles. The fourth-order valence-electron chi connectivity index (χ4n) is 4.50. The fraction of sp³-hybridized carbons (Fsp3) is 0.261. The molecule has 2 amide bonds. The van der Waals surface area contributed by atoms with Gasteiger partial charge in [0, 0.05) is 10.8 Å². The van der Waals surface area contributed by atoms with E-state index in [1.54, 1.807) is 18.2 Å². The number of benzene rings is 2. The van der Waals surface area contributed by atoms with Gasteiger partial charge in [-0.05, 0) is 48.1 Å². The first-order valence-electron chi connectivity index (χ1n) is 10.3. The highest BCUT2D eigenvalue weighted by Crippen LogP contribution is 2.54. The number of aromatic amines is 1. The number of aromatic nitrogens is 1. The standard InChI is InChI=1S/C23H17F3N2O4S3/c1-31-13-7-6-10(8-14(13)32-2)15-16-18(34-19-17(15)35-22(33)27-19)21(30)28(20(16)29)12-5-3-4-11(9-12)23(24,25)26/h3-9,15-16,18H,1-2H3,(H,27,33). The molecule has 6 nitrogen and oxygen atoms in total. The number of thiazole rings is 1. The summed E-state index contributed by atoms with van der Waals surface area (Å²) in [6, 6.07) is 9.49. The zero-order valence-corrected chi connectivity index (χ0v) is 20.7. The van der Waals surface area contributed by atoms with Crippen LogP contribution in [0.15, 0.2) is 47.5 Å². The van der Waals surface area contributed by atoms with Crippen LogP contribution in [0, 0.1) is 9.87 Å². The van der Waals surface area contributed by atoms with Crippen LogP contribution in [0.3, 0.4) is 0 Å². The summed E-state index contributed by atoms with van der Waals surface area (Å²) in [6.07, 6.45) is -4.61. The Hall–Kier alpha value is -2.83. The lowest BCUT2D eigenvalue weighted by molar-refractivity contribution is -0.137. The Balaban J connectivity index is 1.63. The highest BCUT2D eigenvalue weighted by molar-refractivity contribution is 8.01. The number of nitrogens with one attached hydrogen (secondary N) is 1. The van der Waals surface area contributed by atoms with Gasteiger partial charge in [-0.2, -0.15) is 13.2 Å². The van der Waals surface area contributed by atoms with E-state index in [1.807, 2.05) is 0 Å². The third-order valence-corrected chi connectivity index (χ3v) is 8.78. The zero-order chi connectivity index (χ0) is 25.1. The zero-order valence-electron chi connectivity index (χ0n) is 18.2. The van der Waals surface area contributed by atoms with Gasteiger partial charge in [0.25, 0.3) is 0 Å². The van der Waals surface area contributed by atoms with Crippen LogP contribution < -0.4 is 14.4 Å². The van der Waals surface area contributed by atoms with E-state index in [1.165, 1.54) is 49.5 Å². The number of thioether (sulfide) groups is 1. The second kappa shape index (κ2) is 8.68. The number of nitrogens with zero attached hydrogens (tertiary/aromatic N) is 1. The van der Waals surface area contributed by atoms with Gasteiger partial charge in [-0.1, -0.05) is 23.9 Å². The van der Waals surface area contributed by atoms with E-state index in [4.69, 9.17) is 21.7 Å². The van der Waals surface area contributed by atoms with Gasteiger partial charge in [0.15, 0.2) is 15.5 Å². The van der Waals surface area contributed by atoms with Gasteiger partial charge in [-0.3, -0.25) is 9.59 Å². The Morgan fingerprint density at radius 1 is 1.03 bits per heavy atom. The van der Waals surface area contributed by atoms with Gasteiger partial charge in [-0.25, -0.2) is 4.90 Å². The predicted molar refractivity (Wildman–Crippen MR) is 128 cm³/mol. The molecule has 1 saturated heterocycles. The highest BCUT2D eigenvalue weighted by Gasteiger charge is 2.56. The van der Waals surface area contributed by atoms with Crippen LogP contribution in [-0.2, 0) is 15.8 Å². The average Bonchev–Trinajstić information content (AvgIpc) is 3.32. The summed E-state index contributed by atoms with van der Waals surface area (Å²) >= 11 is 7.82. The van der Waals surface area contributed by atoms with E-state index in [0.29, 0.717) is 26.0 Å². The molecule has 1 fully saturated rings. The number of methoxy groups -OCH3 is 2. The van der Waals surface area contributed by atoms with E-state index in [-0.39, 0.29) is 5.69 Å². The number of carbonyl (C=O) groups excluding carboxylic acids is 2. The van der Waals surface area contributed by atoms with Gasteiger partial charge >= 0.3 is 6.18 Å². The Morgan fingerprint density at radius 3 is 2.46 bits per heavy atom. The van der Waals surface area contributed by atoms with Gasteiger partial charge in [-0.15, -0.1) is 11.3 Å². The van der Waals surface area contributed by atoms with Crippen LogP contribution in [0.5, 0.6) is 11.5 Å². The molecule has 0 spiro atoms. The molecule has 0 bridgehead atoms. The molecule has 2 aliphatic rings. The number of rotatable bonds is 4. The lowest BCUT2D eigenvalue weighted by atomic mass is 9.83. The number of H-pyrrole nitrogens is 1. The summed E-state index contributed by atoms with van der Waals surface area (Å²) in [6.45, 7) is 0. The molecule has 35 heavy (non-hydrogen) atoms. The molecule has 0 saturated carbocycles. The first kappa shape index (κ1) is 23.9. The van der Waals surface area contributed by atoms with Crippen molar-refractivity contribution in [3.8, 4) is 11.5 Å². The van der Waals surface area contributed by atoms with Crippen molar-refractivity contribution in [3.05, 3.63) is 62.4 Å². The van der Waals surface area contributed by atoms with Gasteiger partial charge in [0.1, 0.15) is 5.25 Å². The maximum Gasteiger partial charge on any atom is 0.416 e. The van der Waals surface area contributed by atoms with Gasteiger partial charge < -0.3 is 14.5 Å². The predicted octanol–water partition coefficient (Wildman–Crippen LogP) is 5.64. The van der Waals surface area contributed by atoms with Crippen molar-refractivity contribution in [2.75, 3.05) is 19.1 Å². The molecule has 3 unspecified atom stereocenters. The Labute approximate surface area is 211 Å². The quantitative estimate of drug-likeness (QED) is 0.343. The summed E-state index contributed by atoms with van der Waals surface area (Å²) in [5, 5.41) is -0.157. The first-order valence-corrected chi connectivity index (χ1v) is 12.4. The Morgan fingerprint density at radius 2 is 1.77 bits per heavy atom. The number of fused-ring (bicyclic) bond motifs is 2. The summed E-state index contributed by atoms with van der Waals surface area (Å²) in [5.41, 5.74) is -0.332. The maximum absolute atomic E-state index is 13.7. The van der Waals surface area contributed by atoms with Gasteiger partial charge in [0.05, 0.1) is 36.4 Å². The van der Waals surface area contributed by atoms with Crippen LogP contribution in [0.25, 0.3) is 0 Å². The number of ether oxygens (including phenoxy) is 2. The molecule has 3 atom stereocenters. The van der Waals surface area contributed by atoms with E-state index in [2.05, 4.69) is 4.98 Å². The second-order valence-corrected chi connectivity index (χ2v) is 10.8. The maximum atomic E-state index is 13.7. The molecule has 2 aliphatic heterocycles. The number of imide groups is 1. The molecule has 0 radical (unpaired) electrons. The van der Waals surface area contributed by atoms with Crippen molar-refractivity contribution in [3.63, 3.8) is 0 Å². The summed E-state index contributed by atoms with van der Waals surface area (Å²) in [4.78, 5) is 31.9. The van der Waals surface area contributed by atoms with Crippen LogP contribution >= 0.6 is 35.3 Å². The van der Waals surface area contributed by atoms with Crippen molar-refractivity contribution in [1.29, 1.82) is 0 Å². The molecule has 1 N–H and O–H groups in total. The minimum atomic E-state index is -4.61. The van der Waals surface area contributed by atoms with Crippen LogP contribution in [0.4, 0.5) is 18.9 Å². The number of hydrogen-bond donors (Lipinski definition) is 1. The third kappa shape index (κ3) is 3.93. The smallest absolute Gasteiger partial charge is 0.416 e. The van der Waals surface area contributed by atoms with Crippen LogP contribution in [0.2, 0.25) is 0 Å². The largest absolute Gasteiger partial charge is 0.493 e. The lowest BCUT2D eigenvalue weighted by Crippen LogP contribution is -2.32. The molecule has 0 aliphatic carbocycles. The Kier molecular flexibility index (Phi) is 5.93. The number of anilines is 1. The summed E-state index contributed by atoms with van der Waals surface area (Å²) in [5.74, 6) is -1.57. The van der Waals surface area contributed by atoms with Crippen LogP contribution in [-0.4, -0.2) is 36.3 Å². The Bertz CT molecular complexity index is 1400. The van der Waals surface area contributed by atoms with Crippen molar-refractivity contribution in [2.24, 2.45) is 5.92 Å². The normalized spacial score (nSPS) is 21.6. The minimum Gasteiger partial charge on any atom is -0.493 e. The fourth-order valence-corrected chi connectivity index (χ4v) is 7.46. The summed E-state index contributed by atoms with van der Waals surface area (Å²) in [7, 11) is 3.00. The number of amides is 2. The number of alkyl halides is 3. The van der Waals surface area contributed by atoms with Crippen LogP contribution in [0.1, 0.15) is 21.9 Å². The number of halogens is 3. The van der Waals surface area contributed by atoms with E-state index >= 15 is 0 Å². The minimum absolute atomic E-state index is 0.104. The topological polar surface area (TPSA) is 71.6 Å². The van der Waals surface area contributed by atoms with E-state index < -0.39 is 40.6 Å². The first-order chi connectivity index (χ1) is 16.6. The second-order valence-electron chi connectivity index (χ2n) is 7.92. The summed E-state index contributed by atoms with van der Waals surface area (Å²) < 4.78 is 51.2. The monoisotopic (exact) mass is 538 g/mol. The van der Waals surface area contributed by atoms with E-state index in [0.717, 1.165) is 21.9 Å². The molecule has 5 rings (SSSR count). The molecule has 3 aromatic rings. The lowest BCUT2D eigenvalue weighted by Gasteiger charge is -2.30.